The molecule has 0 fully saturated rings. The van der Waals surface area contributed by atoms with Crippen molar-refractivity contribution in [1.29, 1.82) is 0 Å². The summed E-state index contributed by atoms with van der Waals surface area (Å²) in [6.07, 6.45) is -4.43. The molecule has 2 aromatic rings. The van der Waals surface area contributed by atoms with Crippen LogP contribution in [-0.4, -0.2) is 37.3 Å². The molecule has 0 aromatic heterocycles. The lowest BCUT2D eigenvalue weighted by molar-refractivity contribution is -0.385. The number of rotatable bonds is 10. The number of hydrogen-bond acceptors (Lipinski definition) is 6. The van der Waals surface area contributed by atoms with Crippen LogP contribution in [0.5, 0.6) is 11.5 Å². The Morgan fingerprint density at radius 3 is 2.28 bits per heavy atom. The van der Waals surface area contributed by atoms with Crippen LogP contribution >= 0.6 is 0 Å². The van der Waals surface area contributed by atoms with Gasteiger partial charge in [0, 0.05) is 12.6 Å². The van der Waals surface area contributed by atoms with Crippen LogP contribution in [0.25, 0.3) is 0 Å². The second-order valence-corrected chi connectivity index (χ2v) is 6.26. The number of halogens is 5. The molecule has 0 bridgehead atoms. The van der Waals surface area contributed by atoms with E-state index in [1.165, 1.54) is 24.3 Å². The molecule has 0 saturated carbocycles. The number of alkyl halides is 5. The molecule has 2 aromatic carbocycles. The molecule has 0 aliphatic carbocycles. The molecule has 1 amide bonds. The minimum atomic E-state index is -4.43. The van der Waals surface area contributed by atoms with Crippen LogP contribution in [0.2, 0.25) is 0 Å². The lowest BCUT2D eigenvalue weighted by atomic mass is 10.1. The van der Waals surface area contributed by atoms with Crippen molar-refractivity contribution in [2.45, 2.75) is 25.9 Å². The first-order valence-electron chi connectivity index (χ1n) is 8.82. The van der Waals surface area contributed by atoms with Gasteiger partial charge < -0.3 is 19.5 Å². The normalized spacial score (nSPS) is 11.3. The SMILES string of the molecule is COc1cc(C(=O)NCc2ccc(COCC(F)(F)F)cc2)c([N+](=O)[O-])cc1OC(F)F. The van der Waals surface area contributed by atoms with Crippen molar-refractivity contribution >= 4 is 11.6 Å². The van der Waals surface area contributed by atoms with Crippen LogP contribution in [-0.2, 0) is 17.9 Å². The van der Waals surface area contributed by atoms with Crippen LogP contribution in [0, 0.1) is 10.1 Å². The number of nitrogens with zero attached hydrogens (tertiary/aromatic N) is 1. The van der Waals surface area contributed by atoms with Gasteiger partial charge in [0.25, 0.3) is 11.6 Å². The number of amides is 1. The van der Waals surface area contributed by atoms with Crippen molar-refractivity contribution < 1.29 is 45.9 Å². The Morgan fingerprint density at radius 1 is 1.12 bits per heavy atom. The summed E-state index contributed by atoms with van der Waals surface area (Å²) < 4.78 is 74.8. The van der Waals surface area contributed by atoms with Crippen LogP contribution in [0.3, 0.4) is 0 Å². The Morgan fingerprint density at radius 2 is 1.75 bits per heavy atom. The molecule has 0 aliphatic rings. The Labute approximate surface area is 178 Å². The molecular formula is C19H17F5N2O6. The first-order valence-corrected chi connectivity index (χ1v) is 8.82. The maximum Gasteiger partial charge on any atom is 0.411 e. The van der Waals surface area contributed by atoms with Gasteiger partial charge in [0.1, 0.15) is 12.2 Å². The molecule has 2 rings (SSSR count). The van der Waals surface area contributed by atoms with E-state index in [0.717, 1.165) is 13.2 Å². The lowest BCUT2D eigenvalue weighted by Gasteiger charge is -2.12. The van der Waals surface area contributed by atoms with E-state index in [0.29, 0.717) is 17.2 Å². The van der Waals surface area contributed by atoms with Gasteiger partial charge in [-0.2, -0.15) is 22.0 Å². The van der Waals surface area contributed by atoms with E-state index >= 15 is 0 Å². The molecule has 174 valence electrons. The van der Waals surface area contributed by atoms with Gasteiger partial charge in [-0.1, -0.05) is 24.3 Å². The number of carbonyl (C=O) groups excluding carboxylic acids is 1. The third kappa shape index (κ3) is 7.34. The van der Waals surface area contributed by atoms with Crippen LogP contribution in [0.1, 0.15) is 21.5 Å². The second-order valence-electron chi connectivity index (χ2n) is 6.26. The fourth-order valence-corrected chi connectivity index (χ4v) is 2.55. The van der Waals surface area contributed by atoms with E-state index in [4.69, 9.17) is 4.74 Å². The van der Waals surface area contributed by atoms with Crippen LogP contribution in [0.15, 0.2) is 36.4 Å². The summed E-state index contributed by atoms with van der Waals surface area (Å²) in [4.78, 5) is 22.8. The Bertz CT molecular complexity index is 950. The number of nitrogens with one attached hydrogen (secondary N) is 1. The Balaban J connectivity index is 2.08. The third-order valence-electron chi connectivity index (χ3n) is 3.95. The van der Waals surface area contributed by atoms with E-state index in [2.05, 4.69) is 14.8 Å². The number of ether oxygens (including phenoxy) is 3. The van der Waals surface area contributed by atoms with Crippen molar-refractivity contribution in [3.05, 3.63) is 63.2 Å². The predicted octanol–water partition coefficient (Wildman–Crippen LogP) is 4.21. The summed E-state index contributed by atoms with van der Waals surface area (Å²) >= 11 is 0. The van der Waals surface area contributed by atoms with Crippen molar-refractivity contribution in [3.63, 3.8) is 0 Å². The fourth-order valence-electron chi connectivity index (χ4n) is 2.55. The predicted molar refractivity (Wildman–Crippen MR) is 99.6 cm³/mol. The van der Waals surface area contributed by atoms with E-state index in [9.17, 15) is 36.9 Å². The van der Waals surface area contributed by atoms with Crippen LogP contribution < -0.4 is 14.8 Å². The van der Waals surface area contributed by atoms with Gasteiger partial charge in [-0.05, 0) is 11.1 Å². The largest absolute Gasteiger partial charge is 0.493 e. The monoisotopic (exact) mass is 464 g/mol. The summed E-state index contributed by atoms with van der Waals surface area (Å²) in [7, 11) is 1.11. The van der Waals surface area contributed by atoms with Gasteiger partial charge in [0.05, 0.1) is 24.7 Å². The minimum absolute atomic E-state index is 0.0721. The van der Waals surface area contributed by atoms with Gasteiger partial charge in [-0.3, -0.25) is 14.9 Å². The number of hydrogen-bond donors (Lipinski definition) is 1. The van der Waals surface area contributed by atoms with Crippen LogP contribution in [0.4, 0.5) is 27.6 Å². The molecular weight excluding hydrogens is 447 g/mol. The average molecular weight is 464 g/mol. The number of carbonyl (C=O) groups is 1. The van der Waals surface area contributed by atoms with E-state index < -0.39 is 47.2 Å². The molecule has 0 spiro atoms. The molecule has 0 atom stereocenters. The van der Waals surface area contributed by atoms with Crippen molar-refractivity contribution in [3.8, 4) is 11.5 Å². The third-order valence-corrected chi connectivity index (χ3v) is 3.95. The quantitative estimate of drug-likeness (QED) is 0.321. The summed E-state index contributed by atoms with van der Waals surface area (Å²) in [6.45, 7) is -4.97. The maximum absolute atomic E-state index is 12.5. The zero-order valence-corrected chi connectivity index (χ0v) is 16.4. The molecule has 0 radical (unpaired) electrons. The van der Waals surface area contributed by atoms with Gasteiger partial charge >= 0.3 is 12.8 Å². The zero-order chi connectivity index (χ0) is 23.9. The summed E-state index contributed by atoms with van der Waals surface area (Å²) in [6, 6.07) is 7.63. The topological polar surface area (TPSA) is 99.9 Å². The van der Waals surface area contributed by atoms with E-state index in [1.54, 1.807) is 0 Å². The first kappa shape index (κ1) is 24.8. The molecule has 0 unspecified atom stereocenters. The molecule has 32 heavy (non-hydrogen) atoms. The zero-order valence-electron chi connectivity index (χ0n) is 16.4. The van der Waals surface area contributed by atoms with Crippen molar-refractivity contribution in [2.75, 3.05) is 13.7 Å². The molecule has 0 heterocycles. The number of benzene rings is 2. The Hall–Kier alpha value is -3.48. The fraction of sp³-hybridized carbons (Fsp3) is 0.316. The Kier molecular flexibility index (Phi) is 8.29. The van der Waals surface area contributed by atoms with Crippen molar-refractivity contribution in [2.24, 2.45) is 0 Å². The van der Waals surface area contributed by atoms with Gasteiger partial charge in [-0.15, -0.1) is 0 Å². The van der Waals surface area contributed by atoms with E-state index in [1.807, 2.05) is 0 Å². The minimum Gasteiger partial charge on any atom is -0.493 e. The molecule has 13 heteroatoms. The maximum atomic E-state index is 12.5. The van der Waals surface area contributed by atoms with Gasteiger partial charge in [0.2, 0.25) is 0 Å². The lowest BCUT2D eigenvalue weighted by Crippen LogP contribution is -2.24. The highest BCUT2D eigenvalue weighted by Gasteiger charge is 2.27. The second kappa shape index (κ2) is 10.7. The first-order chi connectivity index (χ1) is 15.0. The molecule has 0 saturated heterocycles. The highest BCUT2D eigenvalue weighted by Crippen LogP contribution is 2.35. The molecule has 8 nitrogen and oxygen atoms in total. The summed E-state index contributed by atoms with van der Waals surface area (Å²) in [5.74, 6) is -1.78. The number of methoxy groups -OCH3 is 1. The summed E-state index contributed by atoms with van der Waals surface area (Å²) in [5.41, 5.74) is -0.189. The molecule has 0 aliphatic heterocycles. The highest BCUT2D eigenvalue weighted by atomic mass is 19.4. The average Bonchev–Trinajstić information content (AvgIpc) is 2.71. The van der Waals surface area contributed by atoms with Crippen molar-refractivity contribution in [1.82, 2.24) is 5.32 Å². The van der Waals surface area contributed by atoms with E-state index in [-0.39, 0.29) is 18.9 Å². The number of nitro groups is 1. The smallest absolute Gasteiger partial charge is 0.411 e. The summed E-state index contributed by atoms with van der Waals surface area (Å²) in [5, 5.41) is 13.7. The molecule has 1 N–H and O–H groups in total. The standard InChI is InChI=1S/C19H17F5N2O6/c1-30-15-6-13(14(26(28)29)7-16(15)32-18(20)21)17(27)25-8-11-2-4-12(5-3-11)9-31-10-19(22,23)24/h2-7,18H,8-10H2,1H3,(H,25,27). The highest BCUT2D eigenvalue weighted by molar-refractivity contribution is 5.99. The number of nitro benzene ring substituents is 1. The van der Waals surface area contributed by atoms with Gasteiger partial charge in [0.15, 0.2) is 11.5 Å². The van der Waals surface area contributed by atoms with Gasteiger partial charge in [-0.25, -0.2) is 0 Å².